The third-order valence-electron chi connectivity index (χ3n) is 2.97. The van der Waals surface area contributed by atoms with Crippen LogP contribution >= 0.6 is 0 Å². The fourth-order valence-corrected chi connectivity index (χ4v) is 12.6. The molecule has 2 heteroatoms. The molecule has 0 aliphatic rings. The van der Waals surface area contributed by atoms with Crippen molar-refractivity contribution < 1.29 is 0 Å². The Balaban J connectivity index is 2.82. The van der Waals surface area contributed by atoms with Crippen LogP contribution in [0.5, 0.6) is 0 Å². The molecule has 0 saturated heterocycles. The molecule has 1 aromatic rings. The summed E-state index contributed by atoms with van der Waals surface area (Å²) in [5.74, 6) is 0. The summed E-state index contributed by atoms with van der Waals surface area (Å²) in [6.45, 7) is 4.59. The average Bonchev–Trinajstić information content (AvgIpc) is 2.35. The van der Waals surface area contributed by atoms with Crippen LogP contribution < -0.4 is 4.35 Å². The Morgan fingerprint density at radius 1 is 0.938 bits per heavy atom. The van der Waals surface area contributed by atoms with Crippen LogP contribution in [-0.2, 0) is 0 Å². The molecule has 16 heavy (non-hydrogen) atoms. The molecule has 0 heterocycles. The molecule has 0 bridgehead atoms. The second kappa shape index (κ2) is 7.59. The fraction of sp³-hybridized carbons (Fsp3) is 0.571. The van der Waals surface area contributed by atoms with Crippen LogP contribution in [0.3, 0.4) is 0 Å². The molecule has 0 amide bonds. The van der Waals surface area contributed by atoms with E-state index in [4.69, 9.17) is 0 Å². The van der Waals surface area contributed by atoms with Crippen molar-refractivity contribution in [2.45, 2.75) is 49.9 Å². The van der Waals surface area contributed by atoms with Crippen molar-refractivity contribution in [2.75, 3.05) is 0 Å². The zero-order valence-corrected chi connectivity index (χ0v) is 14.1. The SMILES string of the molecule is CCCC[As](=[Se])(CCCC)c1ccccc1. The van der Waals surface area contributed by atoms with E-state index in [1.807, 2.05) is 0 Å². The van der Waals surface area contributed by atoms with Crippen LogP contribution in [0.1, 0.15) is 39.5 Å². The van der Waals surface area contributed by atoms with E-state index >= 15 is 0 Å². The summed E-state index contributed by atoms with van der Waals surface area (Å²) in [5, 5.41) is 2.89. The predicted octanol–water partition coefficient (Wildman–Crippen LogP) is 3.61. The van der Waals surface area contributed by atoms with Gasteiger partial charge in [-0.05, 0) is 0 Å². The van der Waals surface area contributed by atoms with E-state index in [0.29, 0.717) is 0 Å². The van der Waals surface area contributed by atoms with Crippen molar-refractivity contribution in [3.05, 3.63) is 30.3 Å². The number of hydrogen-bond donors (Lipinski definition) is 0. The van der Waals surface area contributed by atoms with E-state index in [2.05, 4.69) is 57.6 Å². The van der Waals surface area contributed by atoms with Crippen LogP contribution in [0.4, 0.5) is 0 Å². The monoisotopic (exact) mass is 346 g/mol. The van der Waals surface area contributed by atoms with Gasteiger partial charge in [-0.1, -0.05) is 0 Å². The van der Waals surface area contributed by atoms with Gasteiger partial charge >= 0.3 is 109 Å². The zero-order chi connectivity index (χ0) is 11.9. The Morgan fingerprint density at radius 2 is 1.44 bits per heavy atom. The van der Waals surface area contributed by atoms with E-state index in [1.165, 1.54) is 36.1 Å². The third-order valence-corrected chi connectivity index (χ3v) is 16.2. The third kappa shape index (κ3) is 4.28. The van der Waals surface area contributed by atoms with Gasteiger partial charge in [-0.25, -0.2) is 0 Å². The van der Waals surface area contributed by atoms with Crippen molar-refractivity contribution in [1.29, 1.82) is 0 Å². The molecule has 0 aliphatic heterocycles. The average molecular weight is 345 g/mol. The van der Waals surface area contributed by atoms with E-state index in [1.54, 1.807) is 4.35 Å². The molecule has 0 saturated carbocycles. The van der Waals surface area contributed by atoms with Crippen molar-refractivity contribution in [2.24, 2.45) is 0 Å². The summed E-state index contributed by atoms with van der Waals surface area (Å²) in [7, 11) is 0. The molecule has 1 rings (SSSR count). The van der Waals surface area contributed by atoms with Crippen molar-refractivity contribution >= 4 is 28.9 Å². The topological polar surface area (TPSA) is 0 Å². The Morgan fingerprint density at radius 3 is 1.88 bits per heavy atom. The molecule has 0 aromatic heterocycles. The number of unbranched alkanes of at least 4 members (excludes halogenated alkanes) is 2. The van der Waals surface area contributed by atoms with Crippen LogP contribution in [-0.4, -0.2) is 24.6 Å². The van der Waals surface area contributed by atoms with E-state index in [9.17, 15) is 0 Å². The van der Waals surface area contributed by atoms with Gasteiger partial charge in [0.05, 0.1) is 0 Å². The fourth-order valence-electron chi connectivity index (χ4n) is 1.90. The van der Waals surface area contributed by atoms with Gasteiger partial charge in [-0.3, -0.25) is 0 Å². The van der Waals surface area contributed by atoms with Crippen molar-refractivity contribution in [3.8, 4) is 0 Å². The minimum atomic E-state index is -1.66. The van der Waals surface area contributed by atoms with Gasteiger partial charge in [0.2, 0.25) is 0 Å². The Bertz CT molecular complexity index is 320. The van der Waals surface area contributed by atoms with Gasteiger partial charge in [0.15, 0.2) is 0 Å². The maximum absolute atomic E-state index is 3.65. The summed E-state index contributed by atoms with van der Waals surface area (Å²) in [6, 6.07) is 11.2. The Labute approximate surface area is 109 Å². The standard InChI is InChI=1S/C14H23AsSe/c1-3-5-12-15(16,13-6-4-2)14-10-8-7-9-11-14/h7-11H,3-6,12-13H2,1-2H3. The van der Waals surface area contributed by atoms with Crippen molar-refractivity contribution in [1.82, 2.24) is 0 Å². The van der Waals surface area contributed by atoms with E-state index in [0.717, 1.165) is 0 Å². The van der Waals surface area contributed by atoms with Crippen LogP contribution in [0.2, 0.25) is 10.4 Å². The summed E-state index contributed by atoms with van der Waals surface area (Å²) in [5.41, 5.74) is 0. The Kier molecular flexibility index (Phi) is 6.81. The second-order valence-electron chi connectivity index (χ2n) is 4.38. The summed E-state index contributed by atoms with van der Waals surface area (Å²) < 4.78 is 1.64. The molecular weight excluding hydrogens is 322 g/mol. The summed E-state index contributed by atoms with van der Waals surface area (Å²) in [6.07, 6.45) is 5.42. The Hall–Kier alpha value is 0.298. The molecule has 0 nitrogen and oxygen atoms in total. The molecule has 0 aliphatic carbocycles. The predicted molar refractivity (Wildman–Crippen MR) is 77.0 cm³/mol. The van der Waals surface area contributed by atoms with E-state index < -0.39 is 11.1 Å². The van der Waals surface area contributed by atoms with Gasteiger partial charge in [0.1, 0.15) is 0 Å². The first-order chi connectivity index (χ1) is 7.73. The molecule has 0 unspecified atom stereocenters. The first kappa shape index (κ1) is 14.4. The van der Waals surface area contributed by atoms with Gasteiger partial charge in [-0.2, -0.15) is 0 Å². The van der Waals surface area contributed by atoms with Gasteiger partial charge in [0.25, 0.3) is 0 Å². The molecule has 0 fully saturated rings. The van der Waals surface area contributed by atoms with Crippen LogP contribution in [0, 0.1) is 0 Å². The molecule has 0 radical (unpaired) electrons. The molecule has 0 N–H and O–H groups in total. The molecule has 90 valence electrons. The molecule has 1 aromatic carbocycles. The number of rotatable bonds is 7. The summed E-state index contributed by atoms with van der Waals surface area (Å²) >= 11 is 1.98. The van der Waals surface area contributed by atoms with Crippen LogP contribution in [0.25, 0.3) is 0 Å². The zero-order valence-electron chi connectivity index (χ0n) is 10.5. The van der Waals surface area contributed by atoms with E-state index in [-0.39, 0.29) is 0 Å². The number of benzene rings is 1. The maximum atomic E-state index is 3.65. The van der Waals surface area contributed by atoms with Crippen molar-refractivity contribution in [3.63, 3.8) is 0 Å². The van der Waals surface area contributed by atoms with Gasteiger partial charge in [0, 0.05) is 0 Å². The van der Waals surface area contributed by atoms with Gasteiger partial charge in [-0.15, -0.1) is 0 Å². The first-order valence-corrected chi connectivity index (χ1v) is 14.7. The summed E-state index contributed by atoms with van der Waals surface area (Å²) in [4.78, 5) is 0. The first-order valence-electron chi connectivity index (χ1n) is 6.36. The second-order valence-corrected chi connectivity index (χ2v) is 18.7. The molecule has 0 spiro atoms. The number of hydrogen-bond acceptors (Lipinski definition) is 0. The minimum absolute atomic E-state index is 1.32. The molecular formula is C14H23AsSe. The van der Waals surface area contributed by atoms with Crippen LogP contribution in [0.15, 0.2) is 30.3 Å². The normalized spacial score (nSPS) is 11.6. The quantitative estimate of drug-likeness (QED) is 0.663. The van der Waals surface area contributed by atoms with Gasteiger partial charge < -0.3 is 0 Å². The molecule has 0 atom stereocenters.